The minimum atomic E-state index is -1.74. The number of hydrogen-bond donors (Lipinski definition) is 3. The molecule has 4 aromatic rings. The van der Waals surface area contributed by atoms with Gasteiger partial charge in [0.1, 0.15) is 44.3 Å². The van der Waals surface area contributed by atoms with E-state index in [2.05, 4.69) is 15.3 Å². The number of fused-ring (bicyclic) bond motifs is 1. The number of halogens is 4. The number of carbonyl (C=O) groups is 2. The summed E-state index contributed by atoms with van der Waals surface area (Å²) < 4.78 is 40.6. The van der Waals surface area contributed by atoms with Gasteiger partial charge >= 0.3 is 0 Å². The standard InChI is InChI=1S/C32H30Cl2F2N4O5/c1-4-45-29-17(13-24(37)41)12-23(39-28(29)20-7-8-21(35)25(33)26(20)36)32(43,19-5-6-19)14-38-31(42)18-10-16-9-15(2)30(34)40-27(16)22(11-18)44-3/h7-12,19,43H,4-6,13-14H2,1-3H3,(H2,37,41)(H,38,42)/t32-/m1/s1. The molecule has 2 amide bonds. The Kier molecular flexibility index (Phi) is 9.16. The van der Waals surface area contributed by atoms with Gasteiger partial charge in [-0.1, -0.05) is 23.2 Å². The van der Waals surface area contributed by atoms with Crippen molar-refractivity contribution in [1.82, 2.24) is 15.3 Å². The van der Waals surface area contributed by atoms with E-state index in [4.69, 9.17) is 38.4 Å². The van der Waals surface area contributed by atoms with Gasteiger partial charge in [0.15, 0.2) is 5.82 Å². The first-order valence-corrected chi connectivity index (χ1v) is 14.9. The van der Waals surface area contributed by atoms with Crippen molar-refractivity contribution >= 4 is 45.9 Å². The van der Waals surface area contributed by atoms with E-state index in [-0.39, 0.29) is 59.3 Å². The molecule has 4 N–H and O–H groups in total. The van der Waals surface area contributed by atoms with Gasteiger partial charge in [-0.25, -0.2) is 18.7 Å². The molecule has 5 rings (SSSR count). The predicted molar refractivity (Wildman–Crippen MR) is 166 cm³/mol. The van der Waals surface area contributed by atoms with E-state index in [0.29, 0.717) is 34.6 Å². The number of aromatic nitrogens is 2. The van der Waals surface area contributed by atoms with Gasteiger partial charge in [0.25, 0.3) is 5.91 Å². The fraction of sp³-hybridized carbons (Fsp3) is 0.312. The van der Waals surface area contributed by atoms with Crippen LogP contribution in [0.15, 0.2) is 36.4 Å². The summed E-state index contributed by atoms with van der Waals surface area (Å²) in [5, 5.41) is 15.1. The number of methoxy groups -OCH3 is 1. The van der Waals surface area contributed by atoms with Crippen molar-refractivity contribution < 1.29 is 33.0 Å². The molecule has 45 heavy (non-hydrogen) atoms. The third-order valence-corrected chi connectivity index (χ3v) is 8.43. The third-order valence-electron chi connectivity index (χ3n) is 7.70. The molecule has 1 fully saturated rings. The lowest BCUT2D eigenvalue weighted by atomic mass is 9.90. The van der Waals surface area contributed by atoms with Gasteiger partial charge in [-0.2, -0.15) is 0 Å². The number of nitrogens with zero attached hydrogens (tertiary/aromatic N) is 2. The molecule has 0 radical (unpaired) electrons. The van der Waals surface area contributed by atoms with E-state index in [1.165, 1.54) is 19.2 Å². The molecule has 0 saturated heterocycles. The van der Waals surface area contributed by atoms with E-state index in [0.717, 1.165) is 17.7 Å². The minimum Gasteiger partial charge on any atom is -0.494 e. The average molecular weight is 660 g/mol. The van der Waals surface area contributed by atoms with Gasteiger partial charge in [-0.15, -0.1) is 0 Å². The summed E-state index contributed by atoms with van der Waals surface area (Å²) in [6, 6.07) is 8.54. The van der Waals surface area contributed by atoms with Crippen LogP contribution in [0.4, 0.5) is 8.78 Å². The first-order valence-electron chi connectivity index (χ1n) is 14.1. The van der Waals surface area contributed by atoms with E-state index < -0.39 is 34.1 Å². The van der Waals surface area contributed by atoms with Gasteiger partial charge in [-0.05, 0) is 74.6 Å². The molecule has 9 nitrogen and oxygen atoms in total. The molecule has 0 unspecified atom stereocenters. The van der Waals surface area contributed by atoms with Crippen LogP contribution in [0.3, 0.4) is 0 Å². The van der Waals surface area contributed by atoms with Crippen LogP contribution in [0.25, 0.3) is 22.2 Å². The Morgan fingerprint density at radius 2 is 1.89 bits per heavy atom. The minimum absolute atomic E-state index is 0.0380. The number of ether oxygens (including phenoxy) is 2. The molecule has 0 bridgehead atoms. The zero-order valence-electron chi connectivity index (χ0n) is 24.6. The summed E-state index contributed by atoms with van der Waals surface area (Å²) in [7, 11) is 1.45. The molecule has 2 heterocycles. The fourth-order valence-electron chi connectivity index (χ4n) is 5.27. The third kappa shape index (κ3) is 6.38. The lowest BCUT2D eigenvalue weighted by molar-refractivity contribution is -0.117. The highest BCUT2D eigenvalue weighted by atomic mass is 35.5. The molecule has 2 aromatic heterocycles. The van der Waals surface area contributed by atoms with Crippen molar-refractivity contribution in [2.45, 2.75) is 38.7 Å². The number of aliphatic hydroxyl groups is 1. The topological polar surface area (TPSA) is 137 Å². The molecule has 2 aromatic carbocycles. The normalized spacial score (nSPS) is 14.2. The molecule has 13 heteroatoms. The van der Waals surface area contributed by atoms with Gasteiger partial charge in [-0.3, -0.25) is 9.59 Å². The lowest BCUT2D eigenvalue weighted by Crippen LogP contribution is -2.43. The van der Waals surface area contributed by atoms with Crippen LogP contribution in [0.2, 0.25) is 10.2 Å². The highest BCUT2D eigenvalue weighted by molar-refractivity contribution is 6.31. The van der Waals surface area contributed by atoms with E-state index in [9.17, 15) is 19.1 Å². The molecule has 1 saturated carbocycles. The summed E-state index contributed by atoms with van der Waals surface area (Å²) in [4.78, 5) is 34.5. The summed E-state index contributed by atoms with van der Waals surface area (Å²) in [5.41, 5.74) is 5.21. The van der Waals surface area contributed by atoms with E-state index in [1.807, 2.05) is 0 Å². The number of benzene rings is 2. The smallest absolute Gasteiger partial charge is 0.251 e. The highest BCUT2D eigenvalue weighted by Gasteiger charge is 2.47. The number of aryl methyl sites for hydroxylation is 1. The van der Waals surface area contributed by atoms with Crippen molar-refractivity contribution in [1.29, 1.82) is 0 Å². The van der Waals surface area contributed by atoms with Crippen molar-refractivity contribution in [2.24, 2.45) is 11.7 Å². The second-order valence-electron chi connectivity index (χ2n) is 10.9. The van der Waals surface area contributed by atoms with Crippen molar-refractivity contribution in [2.75, 3.05) is 20.3 Å². The van der Waals surface area contributed by atoms with Gasteiger partial charge in [0.05, 0.1) is 32.4 Å². The Labute approximate surface area is 267 Å². The Morgan fingerprint density at radius 3 is 2.53 bits per heavy atom. The first-order chi connectivity index (χ1) is 21.4. The Bertz CT molecular complexity index is 1840. The number of nitrogens with one attached hydrogen (secondary N) is 1. The SMILES string of the molecule is CCOc1c(CC(N)=O)cc([C@@](O)(CNC(=O)c2cc(OC)c3nc(Cl)c(C)cc3c2)C2CC2)nc1-c1ccc(F)c(Cl)c1F. The zero-order chi connectivity index (χ0) is 32.6. The molecule has 0 spiro atoms. The van der Waals surface area contributed by atoms with Gasteiger partial charge in [0.2, 0.25) is 5.91 Å². The molecule has 1 aliphatic carbocycles. The van der Waals surface area contributed by atoms with Gasteiger partial charge in [0, 0.05) is 22.1 Å². The van der Waals surface area contributed by atoms with Crippen molar-refractivity contribution in [3.63, 3.8) is 0 Å². The largest absolute Gasteiger partial charge is 0.494 e. The summed E-state index contributed by atoms with van der Waals surface area (Å²) in [5.74, 6) is -3.23. The fourth-order valence-corrected chi connectivity index (χ4v) is 5.57. The zero-order valence-corrected chi connectivity index (χ0v) is 26.2. The molecular weight excluding hydrogens is 629 g/mol. The Balaban J connectivity index is 1.57. The van der Waals surface area contributed by atoms with Gasteiger partial charge < -0.3 is 25.6 Å². The van der Waals surface area contributed by atoms with Crippen LogP contribution in [-0.2, 0) is 16.8 Å². The number of hydrogen-bond acceptors (Lipinski definition) is 7. The van der Waals surface area contributed by atoms with E-state index >= 15 is 4.39 Å². The van der Waals surface area contributed by atoms with Crippen molar-refractivity contribution in [3.8, 4) is 22.8 Å². The summed E-state index contributed by atoms with van der Waals surface area (Å²) >= 11 is 12.1. The second-order valence-corrected chi connectivity index (χ2v) is 11.6. The van der Waals surface area contributed by atoms with E-state index in [1.54, 1.807) is 26.0 Å². The van der Waals surface area contributed by atoms with Crippen LogP contribution in [-0.4, -0.2) is 47.2 Å². The van der Waals surface area contributed by atoms with Crippen LogP contribution < -0.4 is 20.5 Å². The highest BCUT2D eigenvalue weighted by Crippen LogP contribution is 2.47. The number of amides is 2. The Morgan fingerprint density at radius 1 is 1.16 bits per heavy atom. The number of nitrogens with two attached hydrogens (primary N) is 1. The predicted octanol–water partition coefficient (Wildman–Crippen LogP) is 5.65. The summed E-state index contributed by atoms with van der Waals surface area (Å²) in [6.45, 7) is 3.32. The van der Waals surface area contributed by atoms with Crippen LogP contribution in [0.1, 0.15) is 46.9 Å². The first kappa shape index (κ1) is 32.3. The summed E-state index contributed by atoms with van der Waals surface area (Å²) in [6.07, 6.45) is 0.915. The van der Waals surface area contributed by atoms with Crippen molar-refractivity contribution in [3.05, 3.63) is 80.6 Å². The molecule has 1 atom stereocenters. The Hall–Kier alpha value is -4.06. The maximum atomic E-state index is 15.3. The second kappa shape index (κ2) is 12.7. The molecule has 1 aliphatic rings. The maximum absolute atomic E-state index is 15.3. The molecule has 236 valence electrons. The maximum Gasteiger partial charge on any atom is 0.251 e. The van der Waals surface area contributed by atoms with Crippen LogP contribution in [0, 0.1) is 24.5 Å². The van der Waals surface area contributed by atoms with Crippen LogP contribution >= 0.6 is 23.2 Å². The number of primary amides is 1. The molecule has 0 aliphatic heterocycles. The number of carbonyl (C=O) groups excluding carboxylic acids is 2. The number of rotatable bonds is 11. The monoisotopic (exact) mass is 658 g/mol. The lowest BCUT2D eigenvalue weighted by Gasteiger charge is -2.30. The average Bonchev–Trinajstić information content (AvgIpc) is 3.86. The van der Waals surface area contributed by atoms with Crippen LogP contribution in [0.5, 0.6) is 11.5 Å². The molecular formula is C32H30Cl2F2N4O5. The number of pyridine rings is 2. The quantitative estimate of drug-likeness (QED) is 0.140.